The first-order valence-corrected chi connectivity index (χ1v) is 5.96. The largest absolute Gasteiger partial charge is 0.494 e. The van der Waals surface area contributed by atoms with Gasteiger partial charge in [0.15, 0.2) is 0 Å². The molecule has 0 aromatic heterocycles. The lowest BCUT2D eigenvalue weighted by Crippen LogP contribution is -2.31. The van der Waals surface area contributed by atoms with E-state index in [0.29, 0.717) is 24.6 Å². The van der Waals surface area contributed by atoms with Crippen molar-refractivity contribution in [1.82, 2.24) is 4.90 Å². The highest BCUT2D eigenvalue weighted by Crippen LogP contribution is 2.15. The van der Waals surface area contributed by atoms with Gasteiger partial charge in [0, 0.05) is 23.7 Å². The molecule has 1 aromatic carbocycles. The van der Waals surface area contributed by atoms with Gasteiger partial charge in [-0.1, -0.05) is 11.6 Å². The van der Waals surface area contributed by atoms with Crippen molar-refractivity contribution in [3.8, 4) is 5.75 Å². The molecule has 0 saturated heterocycles. The number of carbonyl (C=O) groups excluding carboxylic acids is 2. The molecule has 5 heteroatoms. The number of amides is 2. The summed E-state index contributed by atoms with van der Waals surface area (Å²) in [5, 5.41) is 0.654. The van der Waals surface area contributed by atoms with Crippen LogP contribution in [0.4, 0.5) is 0 Å². The molecule has 0 bridgehead atoms. The summed E-state index contributed by atoms with van der Waals surface area (Å²) in [6, 6.07) is 7.04. The van der Waals surface area contributed by atoms with Gasteiger partial charge in [0.1, 0.15) is 5.75 Å². The van der Waals surface area contributed by atoms with Crippen LogP contribution in [0.15, 0.2) is 36.4 Å². The molecule has 1 aliphatic rings. The molecule has 2 rings (SSSR count). The number of hydrogen-bond acceptors (Lipinski definition) is 3. The molecule has 1 heterocycles. The number of hydrogen-bond donors (Lipinski definition) is 0. The van der Waals surface area contributed by atoms with E-state index < -0.39 is 0 Å². The average molecular weight is 266 g/mol. The summed E-state index contributed by atoms with van der Waals surface area (Å²) in [4.78, 5) is 23.7. The highest BCUT2D eigenvalue weighted by atomic mass is 35.5. The van der Waals surface area contributed by atoms with Crippen LogP contribution in [0.1, 0.15) is 6.42 Å². The summed E-state index contributed by atoms with van der Waals surface area (Å²) < 4.78 is 5.46. The molecule has 0 saturated carbocycles. The molecular weight excluding hydrogens is 254 g/mol. The Morgan fingerprint density at radius 3 is 2.28 bits per heavy atom. The summed E-state index contributed by atoms with van der Waals surface area (Å²) in [5.41, 5.74) is 0. The van der Waals surface area contributed by atoms with Crippen LogP contribution in [0.5, 0.6) is 5.75 Å². The Labute approximate surface area is 110 Å². The summed E-state index contributed by atoms with van der Waals surface area (Å²) in [7, 11) is 0. The van der Waals surface area contributed by atoms with Gasteiger partial charge in [-0.25, -0.2) is 0 Å². The quantitative estimate of drug-likeness (QED) is 0.605. The zero-order valence-electron chi connectivity index (χ0n) is 9.64. The number of ether oxygens (including phenoxy) is 1. The van der Waals surface area contributed by atoms with Gasteiger partial charge in [-0.3, -0.25) is 14.5 Å². The van der Waals surface area contributed by atoms with Crippen LogP contribution in [0.3, 0.4) is 0 Å². The third-order valence-electron chi connectivity index (χ3n) is 2.51. The summed E-state index contributed by atoms with van der Waals surface area (Å²) in [6.45, 7) is 0.816. The smallest absolute Gasteiger partial charge is 0.253 e. The maximum atomic E-state index is 11.2. The second-order valence-corrected chi connectivity index (χ2v) is 4.25. The van der Waals surface area contributed by atoms with E-state index >= 15 is 0 Å². The number of halogens is 1. The molecule has 0 radical (unpaired) electrons. The molecule has 0 atom stereocenters. The van der Waals surface area contributed by atoms with Crippen molar-refractivity contribution in [2.75, 3.05) is 13.2 Å². The average Bonchev–Trinajstić information content (AvgIpc) is 2.68. The van der Waals surface area contributed by atoms with Crippen molar-refractivity contribution in [2.45, 2.75) is 6.42 Å². The highest BCUT2D eigenvalue weighted by Gasteiger charge is 2.22. The lowest BCUT2D eigenvalue weighted by Gasteiger charge is -2.13. The molecule has 0 N–H and O–H groups in total. The Kier molecular flexibility index (Phi) is 3.99. The van der Waals surface area contributed by atoms with Gasteiger partial charge in [-0.2, -0.15) is 0 Å². The number of imide groups is 1. The van der Waals surface area contributed by atoms with Crippen LogP contribution in [-0.4, -0.2) is 29.9 Å². The van der Waals surface area contributed by atoms with Crippen LogP contribution < -0.4 is 4.74 Å². The monoisotopic (exact) mass is 265 g/mol. The Morgan fingerprint density at radius 1 is 1.06 bits per heavy atom. The maximum Gasteiger partial charge on any atom is 0.253 e. The van der Waals surface area contributed by atoms with Gasteiger partial charge in [-0.05, 0) is 30.7 Å². The van der Waals surface area contributed by atoms with Crippen molar-refractivity contribution >= 4 is 23.4 Å². The topological polar surface area (TPSA) is 46.6 Å². The minimum atomic E-state index is -0.258. The molecule has 1 aliphatic heterocycles. The summed E-state index contributed by atoms with van der Waals surface area (Å²) >= 11 is 5.75. The molecule has 0 aliphatic carbocycles. The fourth-order valence-corrected chi connectivity index (χ4v) is 1.72. The predicted molar refractivity (Wildman–Crippen MR) is 67.4 cm³/mol. The van der Waals surface area contributed by atoms with Gasteiger partial charge in [0.25, 0.3) is 11.8 Å². The van der Waals surface area contributed by atoms with Crippen LogP contribution >= 0.6 is 11.6 Å². The fourth-order valence-electron chi connectivity index (χ4n) is 1.60. The number of nitrogens with zero attached hydrogens (tertiary/aromatic N) is 1. The highest BCUT2D eigenvalue weighted by molar-refractivity contribution is 6.30. The zero-order chi connectivity index (χ0) is 13.0. The van der Waals surface area contributed by atoms with E-state index in [-0.39, 0.29) is 11.8 Å². The van der Waals surface area contributed by atoms with Crippen molar-refractivity contribution in [1.29, 1.82) is 0 Å². The van der Waals surface area contributed by atoms with E-state index in [1.165, 1.54) is 17.1 Å². The third kappa shape index (κ3) is 3.11. The molecule has 18 heavy (non-hydrogen) atoms. The van der Waals surface area contributed by atoms with E-state index in [0.717, 1.165) is 5.75 Å². The molecule has 0 unspecified atom stereocenters. The number of rotatable bonds is 5. The van der Waals surface area contributed by atoms with Crippen molar-refractivity contribution < 1.29 is 14.3 Å². The number of benzene rings is 1. The second kappa shape index (κ2) is 5.69. The van der Waals surface area contributed by atoms with Crippen molar-refractivity contribution in [2.24, 2.45) is 0 Å². The minimum Gasteiger partial charge on any atom is -0.494 e. The Balaban J connectivity index is 1.72. The predicted octanol–water partition coefficient (Wildman–Crippen LogP) is 2.03. The van der Waals surface area contributed by atoms with Gasteiger partial charge in [0.2, 0.25) is 0 Å². The first-order valence-electron chi connectivity index (χ1n) is 5.59. The van der Waals surface area contributed by atoms with E-state index in [1.54, 1.807) is 24.3 Å². The molecule has 4 nitrogen and oxygen atoms in total. The SMILES string of the molecule is O=C1C=CC(=O)N1CCCOc1ccc(Cl)cc1. The summed E-state index contributed by atoms with van der Waals surface area (Å²) in [5.74, 6) is 0.203. The van der Waals surface area contributed by atoms with E-state index in [1.807, 2.05) is 0 Å². The lowest BCUT2D eigenvalue weighted by atomic mass is 10.3. The molecular formula is C13H12ClNO3. The lowest BCUT2D eigenvalue weighted by molar-refractivity contribution is -0.136. The third-order valence-corrected chi connectivity index (χ3v) is 2.76. The van der Waals surface area contributed by atoms with Crippen LogP contribution in [0.2, 0.25) is 5.02 Å². The maximum absolute atomic E-state index is 11.2. The van der Waals surface area contributed by atoms with Gasteiger partial charge in [0.05, 0.1) is 6.61 Å². The molecule has 1 aromatic rings. The van der Waals surface area contributed by atoms with Crippen molar-refractivity contribution in [3.05, 3.63) is 41.4 Å². The van der Waals surface area contributed by atoms with Gasteiger partial charge >= 0.3 is 0 Å². The first kappa shape index (κ1) is 12.6. The molecule has 2 amide bonds. The van der Waals surface area contributed by atoms with Crippen LogP contribution in [-0.2, 0) is 9.59 Å². The molecule has 0 fully saturated rings. The summed E-state index contributed by atoms with van der Waals surface area (Å²) in [6.07, 6.45) is 3.16. The number of carbonyl (C=O) groups is 2. The minimum absolute atomic E-state index is 0.258. The normalized spacial score (nSPS) is 14.4. The Bertz CT molecular complexity index is 464. The van der Waals surface area contributed by atoms with Gasteiger partial charge < -0.3 is 4.74 Å². The zero-order valence-corrected chi connectivity index (χ0v) is 10.4. The van der Waals surface area contributed by atoms with Crippen LogP contribution in [0, 0.1) is 0 Å². The van der Waals surface area contributed by atoms with Gasteiger partial charge in [-0.15, -0.1) is 0 Å². The van der Waals surface area contributed by atoms with E-state index in [2.05, 4.69) is 0 Å². The van der Waals surface area contributed by atoms with Crippen LogP contribution in [0.25, 0.3) is 0 Å². The molecule has 94 valence electrons. The van der Waals surface area contributed by atoms with Crippen molar-refractivity contribution in [3.63, 3.8) is 0 Å². The van der Waals surface area contributed by atoms with E-state index in [4.69, 9.17) is 16.3 Å². The second-order valence-electron chi connectivity index (χ2n) is 3.82. The Hall–Kier alpha value is -1.81. The van der Waals surface area contributed by atoms with E-state index in [9.17, 15) is 9.59 Å². The standard InChI is InChI=1S/C13H12ClNO3/c14-10-2-4-11(5-3-10)18-9-1-8-15-12(16)6-7-13(15)17/h2-7H,1,8-9H2. The Morgan fingerprint density at radius 2 is 1.67 bits per heavy atom. The first-order chi connectivity index (χ1) is 8.66. The fraction of sp³-hybridized carbons (Fsp3) is 0.231. The molecule has 0 spiro atoms.